The molecule has 116 heavy (non-hydrogen) atoms. The number of aromatic nitrogens is 12. The van der Waals surface area contributed by atoms with Crippen LogP contribution in [0.4, 0.5) is 0 Å². The van der Waals surface area contributed by atoms with Gasteiger partial charge in [-0.25, -0.2) is 29.9 Å². The normalized spacial score (nSPS) is 13.1. The van der Waals surface area contributed by atoms with Crippen LogP contribution in [0.1, 0.15) is 220 Å². The molecule has 15 rings (SSSR count). The Kier molecular flexibility index (Phi) is 25.7. The molecule has 24 bridgehead atoms. The van der Waals surface area contributed by atoms with Crippen molar-refractivity contribution < 1.29 is 94.1 Å². The number of aryl methyl sites for hydroxylation is 6. The average molecular weight is 1630 g/mol. The van der Waals surface area contributed by atoms with Crippen molar-refractivity contribution in [2.24, 2.45) is 0 Å². The monoisotopic (exact) mass is 1630 g/mol. The molecule has 588 valence electrons. The van der Waals surface area contributed by atoms with Crippen molar-refractivity contribution in [3.8, 4) is 0 Å². The predicted octanol–water partition coefficient (Wildman–Crippen LogP) is 11.6. The fraction of sp³-hybridized carbons (Fsp3) is 0.267. The van der Waals surface area contributed by atoms with Crippen molar-refractivity contribution in [1.82, 2.24) is 59.8 Å². The first-order valence-electron chi connectivity index (χ1n) is 37.8. The summed E-state index contributed by atoms with van der Waals surface area (Å²) in [5.41, 5.74) is 35.8. The molecule has 2 radical (unpaired) electrons. The van der Waals surface area contributed by atoms with Crippen LogP contribution in [0.25, 0.3) is 133 Å². The number of allylic oxidation sites excluding steroid dienone is 12. The van der Waals surface area contributed by atoms with Crippen molar-refractivity contribution in [3.05, 3.63) is 211 Å². The number of hydrogen-bond acceptors (Lipinski definition) is 18. The molecule has 6 aliphatic heterocycles. The standard InChI is InChI=1S/3C30H30N4O4.2Cr/c3*1-15-9-20-12-25-17(3)21(5-7-29(35)36)27(33-25)14-28-22(6-8-30(37)38)18(4)26(34-28)13-24-16(2)10-19(32-24)11-23(15)31-20;;/h3*9-14,31-32H,5-8H2,1-4H3,(H,35,36)(H,37,38);;/q;;;2*+3/p-6. The summed E-state index contributed by atoms with van der Waals surface area (Å²) in [6, 6.07) is 35.8. The second-order valence-corrected chi connectivity index (χ2v) is 29.8. The zero-order valence-electron chi connectivity index (χ0n) is 66.3. The number of hydrogen-bond donors (Lipinski definition) is 6. The van der Waals surface area contributed by atoms with Crippen LogP contribution in [0.15, 0.2) is 109 Å². The minimum Gasteiger partial charge on any atom is -0.550 e. The number of nitrogens with zero attached hydrogens (tertiary/aromatic N) is 6. The van der Waals surface area contributed by atoms with E-state index >= 15 is 0 Å². The van der Waals surface area contributed by atoms with Crippen molar-refractivity contribution in [3.63, 3.8) is 0 Å². The summed E-state index contributed by atoms with van der Waals surface area (Å²) in [6.07, 6.45) is 0.789. The predicted molar refractivity (Wildman–Crippen MR) is 432 cm³/mol. The van der Waals surface area contributed by atoms with E-state index < -0.39 is 35.8 Å². The van der Waals surface area contributed by atoms with Crippen molar-refractivity contribution in [2.45, 2.75) is 160 Å². The summed E-state index contributed by atoms with van der Waals surface area (Å²) in [5.74, 6) is -6.78. The van der Waals surface area contributed by atoms with Gasteiger partial charge in [-0.15, -0.1) is 0 Å². The molecule has 9 aromatic heterocycles. The van der Waals surface area contributed by atoms with E-state index in [0.717, 1.165) is 201 Å². The van der Waals surface area contributed by atoms with Crippen LogP contribution in [0.2, 0.25) is 0 Å². The molecule has 0 saturated carbocycles. The molecule has 0 fully saturated rings. The Hall–Kier alpha value is -12.3. The molecule has 0 atom stereocenters. The van der Waals surface area contributed by atoms with E-state index in [1.165, 1.54) is 0 Å². The van der Waals surface area contributed by atoms with Crippen LogP contribution in [0, 0.1) is 41.5 Å². The summed E-state index contributed by atoms with van der Waals surface area (Å²) in [4.78, 5) is 118. The first-order valence-corrected chi connectivity index (χ1v) is 37.8. The van der Waals surface area contributed by atoms with Crippen LogP contribution in [-0.4, -0.2) is 95.6 Å². The Balaban J connectivity index is 0.000000170. The van der Waals surface area contributed by atoms with Crippen LogP contribution in [0.3, 0.4) is 0 Å². The smallest absolute Gasteiger partial charge is 0.550 e. The van der Waals surface area contributed by atoms with E-state index in [4.69, 9.17) is 29.9 Å². The first kappa shape index (κ1) is 84.6. The minimum atomic E-state index is -1.13. The molecule has 0 saturated heterocycles. The number of aliphatic carboxylic acids is 6. The number of aromatic amines is 6. The maximum Gasteiger partial charge on any atom is 3.00 e. The van der Waals surface area contributed by atoms with Crippen molar-refractivity contribution >= 4 is 169 Å². The Morgan fingerprint density at radius 3 is 0.526 bits per heavy atom. The zero-order valence-corrected chi connectivity index (χ0v) is 68.8. The van der Waals surface area contributed by atoms with Gasteiger partial charge in [-0.3, -0.25) is 0 Å². The fourth-order valence-electron chi connectivity index (χ4n) is 15.3. The van der Waals surface area contributed by atoms with E-state index in [1.807, 2.05) is 138 Å². The van der Waals surface area contributed by atoms with Gasteiger partial charge in [0, 0.05) is 102 Å². The van der Waals surface area contributed by atoms with Crippen LogP contribution in [0.5, 0.6) is 0 Å². The van der Waals surface area contributed by atoms with Gasteiger partial charge >= 0.3 is 34.7 Å². The van der Waals surface area contributed by atoms with Gasteiger partial charge in [-0.1, -0.05) is 0 Å². The molecular formula is C90H84Cr2N12O12. The number of carbonyl (C=O) groups is 6. The molecule has 15 heterocycles. The van der Waals surface area contributed by atoms with E-state index in [-0.39, 0.29) is 112 Å². The third kappa shape index (κ3) is 18.9. The average Bonchev–Trinajstić information content (AvgIpc) is 1.64. The number of carboxylic acid groups (broad SMARTS) is 6. The molecule has 9 aromatic rings. The molecule has 0 aromatic carbocycles. The van der Waals surface area contributed by atoms with E-state index in [9.17, 15) is 59.4 Å². The Morgan fingerprint density at radius 1 is 0.216 bits per heavy atom. The quantitative estimate of drug-likeness (QED) is 0.0465. The van der Waals surface area contributed by atoms with E-state index in [2.05, 4.69) is 84.5 Å². The number of carboxylic acids is 6. The number of carbonyl (C=O) groups excluding carboxylic acids is 6. The van der Waals surface area contributed by atoms with Gasteiger partial charge in [0.25, 0.3) is 0 Å². The fourth-order valence-corrected chi connectivity index (χ4v) is 15.3. The van der Waals surface area contributed by atoms with Gasteiger partial charge in [-0.05, 0) is 370 Å². The third-order valence-corrected chi connectivity index (χ3v) is 21.7. The van der Waals surface area contributed by atoms with Gasteiger partial charge in [0.1, 0.15) is 0 Å². The number of fused-ring (bicyclic) bond motifs is 24. The van der Waals surface area contributed by atoms with Gasteiger partial charge < -0.3 is 89.3 Å². The number of nitrogens with one attached hydrogen (secondary N) is 6. The summed E-state index contributed by atoms with van der Waals surface area (Å²) in [6.45, 7) is 23.8. The summed E-state index contributed by atoms with van der Waals surface area (Å²) in [7, 11) is 0. The summed E-state index contributed by atoms with van der Waals surface area (Å²) >= 11 is 0. The number of rotatable bonds is 18. The van der Waals surface area contributed by atoms with Crippen molar-refractivity contribution in [1.29, 1.82) is 0 Å². The number of H-pyrrole nitrogens is 6. The summed E-state index contributed by atoms with van der Waals surface area (Å²) < 4.78 is 0. The van der Waals surface area contributed by atoms with Crippen LogP contribution in [-0.2, 0) is 63.5 Å². The van der Waals surface area contributed by atoms with Crippen molar-refractivity contribution in [2.75, 3.05) is 0 Å². The Morgan fingerprint density at radius 2 is 0.362 bits per heavy atom. The van der Waals surface area contributed by atoms with Gasteiger partial charge in [0.05, 0.1) is 68.3 Å². The molecule has 0 aliphatic carbocycles. The molecule has 0 unspecified atom stereocenters. The first-order chi connectivity index (χ1) is 54.3. The molecule has 0 amide bonds. The Labute approximate surface area is 689 Å². The topological polar surface area (TPSA) is 413 Å². The molecule has 6 aliphatic rings. The third-order valence-electron chi connectivity index (χ3n) is 21.7. The second kappa shape index (κ2) is 35.2. The van der Waals surface area contributed by atoms with Crippen LogP contribution < -0.4 is 30.6 Å². The maximum absolute atomic E-state index is 11.3. The second-order valence-electron chi connectivity index (χ2n) is 29.8. The van der Waals surface area contributed by atoms with Gasteiger partial charge in [0.15, 0.2) is 0 Å². The molecule has 26 heteroatoms. The largest absolute Gasteiger partial charge is 3.00 e. The maximum atomic E-state index is 11.3. The van der Waals surface area contributed by atoms with Gasteiger partial charge in [0.2, 0.25) is 0 Å². The SMILES string of the molecule is CC1=C(CCC(=O)[O-])c2cc3nc(cc4[nH]c(cc4C)cc4[nH]c(cc1n2)cc4C)C(C)=C3CCC(=O)[O-].CC1=C(CCC(=O)[O-])c2cc3nc(cc4[nH]c(cc4C)cc4[nH]c(cc1n2)cc4C)C(C)=C3CCC(=O)[O-].CC1=C(CCC(=O)[O-])c2cc3nc(cc4[nH]c(cc4C)cc4[nH]c(cc1n2)cc4C)C(C)=C3CCC(=O)[O-].[Cr+3].[Cr+3]. The molecule has 6 N–H and O–H groups in total. The van der Waals surface area contributed by atoms with E-state index in [0.29, 0.717) is 34.2 Å². The molecular weight excluding hydrogens is 1550 g/mol. The zero-order chi connectivity index (χ0) is 81.4. The van der Waals surface area contributed by atoms with E-state index in [1.54, 1.807) is 0 Å². The summed E-state index contributed by atoms with van der Waals surface area (Å²) in [5, 5.41) is 67.8. The van der Waals surface area contributed by atoms with Crippen LogP contribution >= 0.6 is 0 Å². The van der Waals surface area contributed by atoms with Gasteiger partial charge in [-0.2, -0.15) is 0 Å². The minimum absolute atomic E-state index is 0. The Bertz CT molecular complexity index is 5780. The molecule has 0 spiro atoms. The molecule has 24 nitrogen and oxygen atoms in total.